The third kappa shape index (κ3) is 7.28. The van der Waals surface area contributed by atoms with E-state index in [9.17, 15) is 13.6 Å². The SMILES string of the molecule is C=Cc1cccc(F)c1C1CC(OCc2ccccc2)C1.O=Cc1cccc(F)c1C1CC(OCc2ccccc2)C1. The van der Waals surface area contributed by atoms with Crippen LogP contribution in [0.5, 0.6) is 0 Å². The van der Waals surface area contributed by atoms with E-state index in [1.54, 1.807) is 24.3 Å². The molecule has 0 radical (unpaired) electrons. The van der Waals surface area contributed by atoms with Gasteiger partial charge in [-0.2, -0.15) is 0 Å². The molecule has 0 aliphatic heterocycles. The second-order valence-corrected chi connectivity index (χ2v) is 11.0. The van der Waals surface area contributed by atoms with Crippen molar-refractivity contribution in [2.75, 3.05) is 0 Å². The van der Waals surface area contributed by atoms with Gasteiger partial charge >= 0.3 is 0 Å². The highest BCUT2D eigenvalue weighted by molar-refractivity contribution is 5.77. The lowest BCUT2D eigenvalue weighted by molar-refractivity contribution is -0.0214. The van der Waals surface area contributed by atoms with E-state index < -0.39 is 0 Å². The Balaban J connectivity index is 0.000000168. The maximum absolute atomic E-state index is 14.0. The van der Waals surface area contributed by atoms with Gasteiger partial charge in [-0.1, -0.05) is 97.6 Å². The van der Waals surface area contributed by atoms with Gasteiger partial charge in [-0.3, -0.25) is 4.79 Å². The van der Waals surface area contributed by atoms with E-state index in [0.29, 0.717) is 24.3 Å². The molecule has 2 fully saturated rings. The third-order valence-corrected chi connectivity index (χ3v) is 8.18. The number of rotatable bonds is 10. The van der Waals surface area contributed by atoms with Gasteiger partial charge in [0.05, 0.1) is 25.4 Å². The van der Waals surface area contributed by atoms with Crippen molar-refractivity contribution in [3.63, 3.8) is 0 Å². The van der Waals surface area contributed by atoms with E-state index >= 15 is 0 Å². The number of carbonyl (C=O) groups is 1. The second-order valence-electron chi connectivity index (χ2n) is 11.0. The number of hydrogen-bond donors (Lipinski definition) is 0. The molecule has 0 amide bonds. The first-order valence-electron chi connectivity index (χ1n) is 14.5. The molecule has 216 valence electrons. The Labute approximate surface area is 246 Å². The van der Waals surface area contributed by atoms with E-state index in [1.165, 1.54) is 17.7 Å². The highest BCUT2D eigenvalue weighted by Gasteiger charge is 2.35. The predicted molar refractivity (Wildman–Crippen MR) is 162 cm³/mol. The van der Waals surface area contributed by atoms with E-state index in [0.717, 1.165) is 48.7 Å². The van der Waals surface area contributed by atoms with E-state index in [1.807, 2.05) is 54.6 Å². The number of hydrogen-bond acceptors (Lipinski definition) is 3. The number of benzene rings is 4. The molecule has 0 saturated heterocycles. The van der Waals surface area contributed by atoms with Crippen LogP contribution in [0.25, 0.3) is 6.08 Å². The van der Waals surface area contributed by atoms with Crippen LogP contribution in [0.1, 0.15) is 75.7 Å². The third-order valence-electron chi connectivity index (χ3n) is 8.18. The van der Waals surface area contributed by atoms with Crippen LogP contribution >= 0.6 is 0 Å². The van der Waals surface area contributed by atoms with Crippen LogP contribution in [0.4, 0.5) is 8.78 Å². The molecular formula is C37H36F2O3. The summed E-state index contributed by atoms with van der Waals surface area (Å²) in [5, 5.41) is 0. The summed E-state index contributed by atoms with van der Waals surface area (Å²) in [6.45, 7) is 4.98. The first-order valence-corrected chi connectivity index (χ1v) is 14.5. The van der Waals surface area contributed by atoms with Crippen molar-refractivity contribution < 1.29 is 23.0 Å². The lowest BCUT2D eigenvalue weighted by Crippen LogP contribution is -2.30. The number of ether oxygens (including phenoxy) is 2. The standard InChI is InChI=1S/C19H19FO.C18H17FO2/c1-2-15-9-6-10-18(20)19(15)16-11-17(12-16)21-13-14-7-4-3-5-8-14;19-17-8-4-7-14(11-20)18(17)15-9-16(10-15)21-12-13-5-2-1-3-6-13/h2-10,16-17H,1,11-13H2;1-8,11,15-16H,9-10,12H2. The van der Waals surface area contributed by atoms with Gasteiger partial charge in [-0.05, 0) is 71.9 Å². The average molecular weight is 567 g/mol. The Morgan fingerprint density at radius 3 is 1.48 bits per heavy atom. The van der Waals surface area contributed by atoms with Crippen molar-refractivity contribution in [1.82, 2.24) is 0 Å². The molecule has 0 bridgehead atoms. The summed E-state index contributed by atoms with van der Waals surface area (Å²) in [6.07, 6.45) is 6.15. The lowest BCUT2D eigenvalue weighted by Gasteiger charge is -2.36. The average Bonchev–Trinajstić information content (AvgIpc) is 2.98. The molecule has 6 rings (SSSR count). The van der Waals surface area contributed by atoms with Gasteiger partial charge in [0.2, 0.25) is 0 Å². The molecule has 0 unspecified atom stereocenters. The van der Waals surface area contributed by atoms with Gasteiger partial charge in [-0.15, -0.1) is 0 Å². The van der Waals surface area contributed by atoms with Crippen LogP contribution in [0.3, 0.4) is 0 Å². The molecular weight excluding hydrogens is 530 g/mol. The minimum atomic E-state index is -0.286. The van der Waals surface area contributed by atoms with Gasteiger partial charge in [0.15, 0.2) is 0 Å². The number of carbonyl (C=O) groups excluding carboxylic acids is 1. The summed E-state index contributed by atoms with van der Waals surface area (Å²) in [5.41, 5.74) is 5.03. The van der Waals surface area contributed by atoms with Gasteiger partial charge < -0.3 is 9.47 Å². The summed E-state index contributed by atoms with van der Waals surface area (Å²) in [6, 6.07) is 30.0. The summed E-state index contributed by atoms with van der Waals surface area (Å²) in [4.78, 5) is 11.0. The highest BCUT2D eigenvalue weighted by atomic mass is 19.1. The molecule has 2 aliphatic rings. The Morgan fingerprint density at radius 2 is 1.05 bits per heavy atom. The molecule has 42 heavy (non-hydrogen) atoms. The summed E-state index contributed by atoms with van der Waals surface area (Å²) in [7, 11) is 0. The van der Waals surface area contributed by atoms with Crippen molar-refractivity contribution in [2.45, 2.75) is 62.9 Å². The zero-order chi connectivity index (χ0) is 29.3. The van der Waals surface area contributed by atoms with Crippen molar-refractivity contribution in [1.29, 1.82) is 0 Å². The fraction of sp³-hybridized carbons (Fsp3) is 0.270. The Kier molecular flexibility index (Phi) is 10.1. The number of aldehydes is 1. The molecule has 4 aromatic rings. The van der Waals surface area contributed by atoms with E-state index in [2.05, 4.69) is 18.7 Å². The Morgan fingerprint density at radius 1 is 0.619 bits per heavy atom. The summed E-state index contributed by atoms with van der Waals surface area (Å²) >= 11 is 0. The van der Waals surface area contributed by atoms with Crippen LogP contribution in [-0.4, -0.2) is 18.5 Å². The van der Waals surface area contributed by atoms with Crippen molar-refractivity contribution >= 4 is 12.4 Å². The van der Waals surface area contributed by atoms with Crippen LogP contribution in [0.15, 0.2) is 104 Å². The van der Waals surface area contributed by atoms with Crippen molar-refractivity contribution in [3.8, 4) is 0 Å². The molecule has 0 spiro atoms. The second kappa shape index (κ2) is 14.3. The Bertz CT molecular complexity index is 1350. The first kappa shape index (κ1) is 29.6. The molecule has 0 atom stereocenters. The van der Waals surface area contributed by atoms with Crippen LogP contribution in [0, 0.1) is 11.6 Å². The predicted octanol–water partition coefficient (Wildman–Crippen LogP) is 9.03. The molecule has 4 aromatic carbocycles. The van der Waals surface area contributed by atoms with Crippen molar-refractivity contribution in [2.24, 2.45) is 0 Å². The normalized spacial score (nSPS) is 20.8. The number of halogens is 2. The maximum atomic E-state index is 14.0. The van der Waals surface area contributed by atoms with Crippen LogP contribution in [-0.2, 0) is 22.7 Å². The van der Waals surface area contributed by atoms with E-state index in [4.69, 9.17) is 9.47 Å². The molecule has 0 aromatic heterocycles. The molecule has 2 aliphatic carbocycles. The smallest absolute Gasteiger partial charge is 0.150 e. The quantitative estimate of drug-likeness (QED) is 0.180. The van der Waals surface area contributed by atoms with Gasteiger partial charge in [0, 0.05) is 11.1 Å². The van der Waals surface area contributed by atoms with Gasteiger partial charge in [0.25, 0.3) is 0 Å². The maximum Gasteiger partial charge on any atom is 0.150 e. The zero-order valence-electron chi connectivity index (χ0n) is 23.6. The minimum Gasteiger partial charge on any atom is -0.373 e. The first-order chi connectivity index (χ1) is 20.6. The monoisotopic (exact) mass is 566 g/mol. The molecule has 0 N–H and O–H groups in total. The van der Waals surface area contributed by atoms with Crippen LogP contribution < -0.4 is 0 Å². The largest absolute Gasteiger partial charge is 0.373 e. The van der Waals surface area contributed by atoms with Gasteiger partial charge in [-0.25, -0.2) is 8.78 Å². The van der Waals surface area contributed by atoms with E-state index in [-0.39, 0.29) is 35.7 Å². The molecule has 5 heteroatoms. The topological polar surface area (TPSA) is 35.5 Å². The molecule has 0 heterocycles. The van der Waals surface area contributed by atoms with Crippen molar-refractivity contribution in [3.05, 3.63) is 149 Å². The fourth-order valence-corrected chi connectivity index (χ4v) is 5.70. The molecule has 3 nitrogen and oxygen atoms in total. The zero-order valence-corrected chi connectivity index (χ0v) is 23.6. The lowest BCUT2D eigenvalue weighted by atomic mass is 9.75. The Hall–Kier alpha value is -3.93. The van der Waals surface area contributed by atoms with Crippen LogP contribution in [0.2, 0.25) is 0 Å². The summed E-state index contributed by atoms with van der Waals surface area (Å²) in [5.74, 6) is -0.0721. The molecule has 2 saturated carbocycles. The summed E-state index contributed by atoms with van der Waals surface area (Å²) < 4.78 is 39.6. The minimum absolute atomic E-state index is 0.0900. The fourth-order valence-electron chi connectivity index (χ4n) is 5.70. The highest BCUT2D eigenvalue weighted by Crippen LogP contribution is 2.42. The van der Waals surface area contributed by atoms with Gasteiger partial charge in [0.1, 0.15) is 17.9 Å².